The van der Waals surface area contributed by atoms with Crippen LogP contribution in [0.25, 0.3) is 0 Å². The van der Waals surface area contributed by atoms with Crippen molar-refractivity contribution in [2.75, 3.05) is 6.54 Å². The molecule has 0 saturated carbocycles. The van der Waals surface area contributed by atoms with Crippen LogP contribution < -0.4 is 5.32 Å². The third-order valence-corrected chi connectivity index (χ3v) is 0.576. The van der Waals surface area contributed by atoms with Crippen LogP contribution in [0.5, 0.6) is 0 Å². The van der Waals surface area contributed by atoms with Gasteiger partial charge in [-0.3, -0.25) is 4.79 Å². The van der Waals surface area contributed by atoms with Crippen LogP contribution in [0.2, 0.25) is 0 Å². The molecule has 0 bridgehead atoms. The van der Waals surface area contributed by atoms with Gasteiger partial charge in [0.1, 0.15) is 0 Å². The third-order valence-electron chi connectivity index (χ3n) is 0.576. The first-order chi connectivity index (χ1) is 3.81. The number of carbonyl (C=O) groups excluding carboxylic acids is 1. The molecule has 0 radical (unpaired) electrons. The van der Waals surface area contributed by atoms with E-state index in [0.717, 1.165) is 0 Å². The predicted octanol–water partition coefficient (Wildman–Crippen LogP) is 0.146. The second-order valence-electron chi connectivity index (χ2n) is 1.23. The molecule has 1 N–H and O–H groups in total. The standard InChI is InChI=1S/C6H9NO/c1-3-5-6(8)7-4-2/h4H2,1-2H3,(H,7,8). The number of nitrogens with one attached hydrogen (secondary N) is 1. The van der Waals surface area contributed by atoms with Crippen LogP contribution in [0.15, 0.2) is 0 Å². The van der Waals surface area contributed by atoms with Gasteiger partial charge in [-0.25, -0.2) is 0 Å². The summed E-state index contributed by atoms with van der Waals surface area (Å²) in [6.45, 7) is 4.14. The average Bonchev–Trinajstić information content (AvgIpc) is 1.68. The van der Waals surface area contributed by atoms with Crippen molar-refractivity contribution in [3.63, 3.8) is 0 Å². The Morgan fingerprint density at radius 1 is 1.75 bits per heavy atom. The van der Waals surface area contributed by atoms with Crippen molar-refractivity contribution in [2.45, 2.75) is 13.8 Å². The zero-order chi connectivity index (χ0) is 6.41. The Hall–Kier alpha value is -0.970. The lowest BCUT2D eigenvalue weighted by Crippen LogP contribution is -2.20. The summed E-state index contributed by atoms with van der Waals surface area (Å²) in [6, 6.07) is 0. The van der Waals surface area contributed by atoms with E-state index in [4.69, 9.17) is 0 Å². The second kappa shape index (κ2) is 4.20. The Bertz CT molecular complexity index is 129. The fourth-order valence-corrected chi connectivity index (χ4v) is 0.318. The maximum absolute atomic E-state index is 10.4. The van der Waals surface area contributed by atoms with Crippen molar-refractivity contribution in [3.8, 4) is 11.8 Å². The number of amides is 1. The molecule has 0 fully saturated rings. The van der Waals surface area contributed by atoms with Crippen molar-refractivity contribution >= 4 is 5.91 Å². The van der Waals surface area contributed by atoms with Crippen LogP contribution >= 0.6 is 0 Å². The number of carbonyl (C=O) groups is 1. The molecule has 44 valence electrons. The first kappa shape index (κ1) is 7.03. The Balaban J connectivity index is 3.44. The van der Waals surface area contributed by atoms with Crippen molar-refractivity contribution in [3.05, 3.63) is 0 Å². The predicted molar refractivity (Wildman–Crippen MR) is 32.1 cm³/mol. The summed E-state index contributed by atoms with van der Waals surface area (Å²) >= 11 is 0. The monoisotopic (exact) mass is 111 g/mol. The van der Waals surface area contributed by atoms with Gasteiger partial charge in [0.2, 0.25) is 0 Å². The molecule has 2 heteroatoms. The molecule has 2 nitrogen and oxygen atoms in total. The average molecular weight is 111 g/mol. The van der Waals surface area contributed by atoms with E-state index in [0.29, 0.717) is 6.54 Å². The molecule has 0 atom stereocenters. The van der Waals surface area contributed by atoms with E-state index in [2.05, 4.69) is 17.2 Å². The van der Waals surface area contributed by atoms with Crippen LogP contribution in [0, 0.1) is 11.8 Å². The molecule has 0 aromatic carbocycles. The van der Waals surface area contributed by atoms with Crippen LogP contribution in [0.3, 0.4) is 0 Å². The molecule has 8 heavy (non-hydrogen) atoms. The molecule has 0 aromatic rings. The quantitative estimate of drug-likeness (QED) is 0.479. The minimum absolute atomic E-state index is 0.199. The molecule has 0 aromatic heterocycles. The normalized spacial score (nSPS) is 6.75. The Labute approximate surface area is 49.3 Å². The number of hydrogen-bond acceptors (Lipinski definition) is 1. The Morgan fingerprint density at radius 2 is 2.38 bits per heavy atom. The SMILES string of the molecule is CC#CC(=O)NCC. The van der Waals surface area contributed by atoms with Gasteiger partial charge in [0.25, 0.3) is 5.91 Å². The lowest BCUT2D eigenvalue weighted by molar-refractivity contribution is -0.115. The second-order valence-corrected chi connectivity index (χ2v) is 1.23. The van der Waals surface area contributed by atoms with Crippen LogP contribution in [-0.4, -0.2) is 12.5 Å². The summed E-state index contributed by atoms with van der Waals surface area (Å²) < 4.78 is 0. The fraction of sp³-hybridized carbons (Fsp3) is 0.500. The van der Waals surface area contributed by atoms with Gasteiger partial charge in [0, 0.05) is 6.54 Å². The van der Waals surface area contributed by atoms with Gasteiger partial charge < -0.3 is 5.32 Å². The summed E-state index contributed by atoms with van der Waals surface area (Å²) in [6.07, 6.45) is 0. The van der Waals surface area contributed by atoms with Crippen LogP contribution in [0.1, 0.15) is 13.8 Å². The van der Waals surface area contributed by atoms with Gasteiger partial charge in [-0.05, 0) is 19.8 Å². The smallest absolute Gasteiger partial charge is 0.295 e. The highest BCUT2D eigenvalue weighted by Crippen LogP contribution is 1.58. The van der Waals surface area contributed by atoms with Gasteiger partial charge in [0.05, 0.1) is 0 Å². The molecule has 0 aliphatic rings. The summed E-state index contributed by atoms with van der Waals surface area (Å²) in [5.74, 6) is 4.64. The van der Waals surface area contributed by atoms with E-state index in [-0.39, 0.29) is 5.91 Å². The zero-order valence-corrected chi connectivity index (χ0v) is 5.12. The van der Waals surface area contributed by atoms with E-state index in [1.54, 1.807) is 6.92 Å². The highest BCUT2D eigenvalue weighted by Gasteiger charge is 1.85. The van der Waals surface area contributed by atoms with Crippen LogP contribution in [-0.2, 0) is 4.79 Å². The first-order valence-corrected chi connectivity index (χ1v) is 2.51. The van der Waals surface area contributed by atoms with Gasteiger partial charge in [0.15, 0.2) is 0 Å². The van der Waals surface area contributed by atoms with Gasteiger partial charge >= 0.3 is 0 Å². The fourth-order valence-electron chi connectivity index (χ4n) is 0.318. The maximum Gasteiger partial charge on any atom is 0.295 e. The van der Waals surface area contributed by atoms with Gasteiger partial charge in [-0.15, -0.1) is 0 Å². The largest absolute Gasteiger partial charge is 0.346 e. The molecule has 0 aliphatic carbocycles. The molecule has 0 aliphatic heterocycles. The van der Waals surface area contributed by atoms with E-state index in [1.807, 2.05) is 6.92 Å². The molecule has 0 spiro atoms. The Morgan fingerprint density at radius 3 is 2.75 bits per heavy atom. The van der Waals surface area contributed by atoms with E-state index < -0.39 is 0 Å². The number of rotatable bonds is 1. The molecule has 0 unspecified atom stereocenters. The maximum atomic E-state index is 10.4. The van der Waals surface area contributed by atoms with Gasteiger partial charge in [-0.1, -0.05) is 5.92 Å². The molecular formula is C6H9NO. The summed E-state index contributed by atoms with van der Waals surface area (Å²) in [5, 5.41) is 2.53. The highest BCUT2D eigenvalue weighted by atomic mass is 16.1. The zero-order valence-electron chi connectivity index (χ0n) is 5.12. The van der Waals surface area contributed by atoms with Crippen molar-refractivity contribution in [1.29, 1.82) is 0 Å². The van der Waals surface area contributed by atoms with Crippen molar-refractivity contribution in [1.82, 2.24) is 5.32 Å². The lowest BCUT2D eigenvalue weighted by Gasteiger charge is -1.88. The summed E-state index contributed by atoms with van der Waals surface area (Å²) in [7, 11) is 0. The third kappa shape index (κ3) is 3.23. The highest BCUT2D eigenvalue weighted by molar-refractivity contribution is 5.93. The van der Waals surface area contributed by atoms with E-state index in [9.17, 15) is 4.79 Å². The van der Waals surface area contributed by atoms with Gasteiger partial charge in [-0.2, -0.15) is 0 Å². The van der Waals surface area contributed by atoms with Crippen LogP contribution in [0.4, 0.5) is 0 Å². The Kier molecular flexibility index (Phi) is 3.69. The van der Waals surface area contributed by atoms with Crippen molar-refractivity contribution < 1.29 is 4.79 Å². The molecule has 1 amide bonds. The summed E-state index contributed by atoms with van der Waals surface area (Å²) in [5.41, 5.74) is 0. The number of hydrogen-bond donors (Lipinski definition) is 1. The lowest BCUT2D eigenvalue weighted by atomic mass is 10.5. The minimum Gasteiger partial charge on any atom is -0.346 e. The molecule has 0 heterocycles. The first-order valence-electron chi connectivity index (χ1n) is 2.51. The van der Waals surface area contributed by atoms with Crippen molar-refractivity contribution in [2.24, 2.45) is 0 Å². The summed E-state index contributed by atoms with van der Waals surface area (Å²) in [4.78, 5) is 10.4. The molecule has 0 rings (SSSR count). The van der Waals surface area contributed by atoms with E-state index in [1.165, 1.54) is 0 Å². The topological polar surface area (TPSA) is 29.1 Å². The van der Waals surface area contributed by atoms with E-state index >= 15 is 0 Å². The molecular weight excluding hydrogens is 102 g/mol. The molecule has 0 saturated heterocycles. The minimum atomic E-state index is -0.199.